The highest BCUT2D eigenvalue weighted by Gasteiger charge is 2.09. The summed E-state index contributed by atoms with van der Waals surface area (Å²) in [4.78, 5) is 10.5. The molecule has 2 aromatic rings. The molecule has 3 nitrogen and oxygen atoms in total. The average molecular weight is 185 g/mol. The quantitative estimate of drug-likeness (QED) is 0.684. The summed E-state index contributed by atoms with van der Waals surface area (Å²) in [6.45, 7) is 0. The van der Waals surface area contributed by atoms with Gasteiger partial charge < -0.3 is 5.11 Å². The van der Waals surface area contributed by atoms with E-state index in [1.54, 1.807) is 6.07 Å². The molecular weight excluding hydrogens is 181 g/mol. The third-order valence-electron chi connectivity index (χ3n) is 1.55. The van der Waals surface area contributed by atoms with Gasteiger partial charge in [0.05, 0.1) is 10.2 Å². The summed E-state index contributed by atoms with van der Waals surface area (Å²) >= 11 is 0.940. The van der Waals surface area contributed by atoms with Crippen LogP contribution in [0.1, 0.15) is 0 Å². The van der Waals surface area contributed by atoms with Crippen LogP contribution in [0, 0.1) is 5.13 Å². The number of nitrogens with zero attached hydrogens (tertiary/aromatic N) is 1. The van der Waals surface area contributed by atoms with Crippen LogP contribution in [-0.4, -0.2) is 15.8 Å². The molecule has 2 heterocycles. The first-order valence-corrected chi connectivity index (χ1v) is 4.00. The molecule has 1 N–H and O–H groups in total. The Balaban J connectivity index is 2.76. The lowest BCUT2D eigenvalue weighted by atomic mass is 10.5. The van der Waals surface area contributed by atoms with E-state index < -0.39 is 6.09 Å². The molecule has 5 heteroatoms. The minimum absolute atomic E-state index is 0.365. The molecule has 2 rings (SSSR count). The molecule has 0 unspecified atom stereocenters. The van der Waals surface area contributed by atoms with Crippen molar-refractivity contribution < 1.29 is 14.3 Å². The minimum Gasteiger partial charge on any atom is -0.464 e. The van der Waals surface area contributed by atoms with Crippen LogP contribution in [0.15, 0.2) is 18.3 Å². The Bertz CT molecular complexity index is 445. The topological polar surface area (TPSA) is 42.2 Å². The van der Waals surface area contributed by atoms with Crippen molar-refractivity contribution >= 4 is 27.6 Å². The number of carbonyl (C=O) groups is 1. The zero-order valence-corrected chi connectivity index (χ0v) is 6.64. The molecule has 0 saturated carbocycles. The Morgan fingerprint density at radius 1 is 1.67 bits per heavy atom. The standard InChI is InChI=1S/C7H4FNO2S/c8-6-3-4-5(12-6)1-2-9(4)7(10)11/h1-3H,(H,10,11). The van der Waals surface area contributed by atoms with Crippen molar-refractivity contribution in [2.75, 3.05) is 0 Å². The lowest BCUT2D eigenvalue weighted by Crippen LogP contribution is -2.04. The molecule has 0 aromatic carbocycles. The highest BCUT2D eigenvalue weighted by molar-refractivity contribution is 7.17. The molecule has 0 aliphatic carbocycles. The predicted molar refractivity (Wildman–Crippen MR) is 43.2 cm³/mol. The number of aromatic nitrogens is 1. The summed E-state index contributed by atoms with van der Waals surface area (Å²) in [6.07, 6.45) is 0.311. The van der Waals surface area contributed by atoms with Gasteiger partial charge in [-0.05, 0) is 6.07 Å². The number of fused-ring (bicyclic) bond motifs is 1. The number of hydrogen-bond donors (Lipinski definition) is 1. The summed E-state index contributed by atoms with van der Waals surface area (Å²) in [5.74, 6) is 0. The summed E-state index contributed by atoms with van der Waals surface area (Å²) in [5, 5.41) is 8.26. The molecule has 0 saturated heterocycles. The second-order valence-electron chi connectivity index (χ2n) is 2.27. The van der Waals surface area contributed by atoms with Crippen molar-refractivity contribution in [1.29, 1.82) is 0 Å². The Labute approximate surface area is 70.7 Å². The van der Waals surface area contributed by atoms with E-state index in [1.807, 2.05) is 0 Å². The molecule has 0 spiro atoms. The second-order valence-corrected chi connectivity index (χ2v) is 3.30. The van der Waals surface area contributed by atoms with Crippen molar-refractivity contribution in [3.8, 4) is 0 Å². The Hall–Kier alpha value is -1.36. The van der Waals surface area contributed by atoms with Gasteiger partial charge in [0, 0.05) is 12.3 Å². The average Bonchev–Trinajstić information content (AvgIpc) is 2.43. The number of thiophene rings is 1. The third kappa shape index (κ3) is 0.902. The zero-order chi connectivity index (χ0) is 8.72. The molecule has 0 atom stereocenters. The highest BCUT2D eigenvalue weighted by atomic mass is 32.1. The number of rotatable bonds is 0. The molecule has 0 aliphatic heterocycles. The van der Waals surface area contributed by atoms with Crippen molar-refractivity contribution in [2.24, 2.45) is 0 Å². The van der Waals surface area contributed by atoms with Crippen LogP contribution in [-0.2, 0) is 0 Å². The van der Waals surface area contributed by atoms with Gasteiger partial charge in [-0.15, -0.1) is 11.3 Å². The molecule has 12 heavy (non-hydrogen) atoms. The normalized spacial score (nSPS) is 10.8. The molecule has 0 amide bonds. The Morgan fingerprint density at radius 3 is 3.08 bits per heavy atom. The van der Waals surface area contributed by atoms with Crippen molar-refractivity contribution in [3.05, 3.63) is 23.5 Å². The fraction of sp³-hybridized carbons (Fsp3) is 0. The van der Waals surface area contributed by atoms with Gasteiger partial charge in [-0.25, -0.2) is 4.79 Å². The number of hydrogen-bond acceptors (Lipinski definition) is 2. The molecule has 0 fully saturated rings. The van der Waals surface area contributed by atoms with E-state index >= 15 is 0 Å². The first-order chi connectivity index (χ1) is 5.68. The van der Waals surface area contributed by atoms with E-state index in [0.717, 1.165) is 15.9 Å². The van der Waals surface area contributed by atoms with Crippen LogP contribution in [0.2, 0.25) is 0 Å². The van der Waals surface area contributed by atoms with Gasteiger partial charge in [-0.1, -0.05) is 0 Å². The van der Waals surface area contributed by atoms with Crippen molar-refractivity contribution in [1.82, 2.24) is 4.57 Å². The van der Waals surface area contributed by atoms with Crippen LogP contribution in [0.4, 0.5) is 9.18 Å². The van der Waals surface area contributed by atoms with Gasteiger partial charge in [0.1, 0.15) is 0 Å². The van der Waals surface area contributed by atoms with Gasteiger partial charge in [0.2, 0.25) is 0 Å². The van der Waals surface area contributed by atoms with E-state index in [0.29, 0.717) is 10.2 Å². The van der Waals surface area contributed by atoms with E-state index in [1.165, 1.54) is 12.3 Å². The van der Waals surface area contributed by atoms with Gasteiger partial charge in [0.25, 0.3) is 0 Å². The fourth-order valence-corrected chi connectivity index (χ4v) is 1.83. The van der Waals surface area contributed by atoms with Crippen LogP contribution in [0.3, 0.4) is 0 Å². The van der Waals surface area contributed by atoms with Crippen LogP contribution in [0.5, 0.6) is 0 Å². The fourth-order valence-electron chi connectivity index (χ4n) is 1.06. The first-order valence-electron chi connectivity index (χ1n) is 3.18. The zero-order valence-electron chi connectivity index (χ0n) is 5.82. The summed E-state index contributed by atoms with van der Waals surface area (Å²) in [7, 11) is 0. The van der Waals surface area contributed by atoms with E-state index in [9.17, 15) is 9.18 Å². The summed E-state index contributed by atoms with van der Waals surface area (Å²) < 4.78 is 14.3. The SMILES string of the molecule is O=C(O)n1ccc2sc(F)cc21. The van der Waals surface area contributed by atoms with E-state index in [-0.39, 0.29) is 5.13 Å². The monoisotopic (exact) mass is 185 g/mol. The lowest BCUT2D eigenvalue weighted by molar-refractivity contribution is 0.197. The second kappa shape index (κ2) is 2.31. The molecule has 0 radical (unpaired) electrons. The maximum absolute atomic E-state index is 12.6. The Kier molecular flexibility index (Phi) is 1.41. The highest BCUT2D eigenvalue weighted by Crippen LogP contribution is 2.24. The Morgan fingerprint density at radius 2 is 2.42 bits per heavy atom. The summed E-state index contributed by atoms with van der Waals surface area (Å²) in [6, 6.07) is 2.80. The number of carboxylic acid groups (broad SMARTS) is 1. The minimum atomic E-state index is -1.09. The van der Waals surface area contributed by atoms with Crippen molar-refractivity contribution in [3.63, 3.8) is 0 Å². The van der Waals surface area contributed by atoms with E-state index in [2.05, 4.69) is 0 Å². The number of halogens is 1. The molecule has 62 valence electrons. The predicted octanol–water partition coefficient (Wildman–Crippen LogP) is 2.37. The van der Waals surface area contributed by atoms with Gasteiger partial charge >= 0.3 is 6.09 Å². The molecular formula is C7H4FNO2S. The maximum atomic E-state index is 12.6. The maximum Gasteiger partial charge on any atom is 0.416 e. The van der Waals surface area contributed by atoms with Crippen LogP contribution >= 0.6 is 11.3 Å². The molecule has 0 aliphatic rings. The third-order valence-corrected chi connectivity index (χ3v) is 2.43. The first kappa shape index (κ1) is 7.30. The molecule has 0 bridgehead atoms. The smallest absolute Gasteiger partial charge is 0.416 e. The van der Waals surface area contributed by atoms with Crippen LogP contribution in [0.25, 0.3) is 10.2 Å². The summed E-state index contributed by atoms with van der Waals surface area (Å²) in [5.41, 5.74) is 0.407. The van der Waals surface area contributed by atoms with Gasteiger partial charge in [-0.2, -0.15) is 4.39 Å². The van der Waals surface area contributed by atoms with E-state index in [4.69, 9.17) is 5.11 Å². The van der Waals surface area contributed by atoms with Crippen molar-refractivity contribution in [2.45, 2.75) is 0 Å². The molecule has 2 aromatic heterocycles. The lowest BCUT2D eigenvalue weighted by Gasteiger charge is -1.91. The van der Waals surface area contributed by atoms with Gasteiger partial charge in [0.15, 0.2) is 5.13 Å². The van der Waals surface area contributed by atoms with Crippen LogP contribution < -0.4 is 0 Å². The van der Waals surface area contributed by atoms with Gasteiger partial charge in [-0.3, -0.25) is 4.57 Å². The largest absolute Gasteiger partial charge is 0.464 e.